The van der Waals surface area contributed by atoms with Gasteiger partial charge in [0.2, 0.25) is 16.0 Å². The lowest BCUT2D eigenvalue weighted by Gasteiger charge is -2.17. The van der Waals surface area contributed by atoms with E-state index in [1.165, 1.54) is 19.3 Å². The van der Waals surface area contributed by atoms with Gasteiger partial charge < -0.3 is 15.4 Å². The Morgan fingerprint density at radius 1 is 1.12 bits per heavy atom. The van der Waals surface area contributed by atoms with Crippen LogP contribution in [0.4, 0.5) is 17.5 Å². The lowest BCUT2D eigenvalue weighted by Crippen LogP contribution is -2.26. The Balaban J connectivity index is 1.74. The number of carboxylic acids is 1. The van der Waals surface area contributed by atoms with Crippen LogP contribution in [-0.2, 0) is 10.0 Å². The van der Waals surface area contributed by atoms with Crippen molar-refractivity contribution in [2.75, 3.05) is 22.9 Å². The monoisotopic (exact) mass is 464 g/mol. The highest BCUT2D eigenvalue weighted by Gasteiger charge is 2.16. The second kappa shape index (κ2) is 8.71. The molecular formula is C22H20N6O4S. The summed E-state index contributed by atoms with van der Waals surface area (Å²) in [6.07, 6.45) is 7.79. The van der Waals surface area contributed by atoms with Crippen LogP contribution in [0.15, 0.2) is 54.9 Å². The summed E-state index contributed by atoms with van der Waals surface area (Å²) in [5, 5.41) is 13.1. The molecular weight excluding hydrogens is 444 g/mol. The number of aromatic amines is 1. The number of sulfonamides is 1. The Kier molecular flexibility index (Phi) is 5.80. The molecule has 0 spiro atoms. The minimum absolute atomic E-state index is 0.0913. The van der Waals surface area contributed by atoms with Crippen molar-refractivity contribution in [1.29, 1.82) is 0 Å². The van der Waals surface area contributed by atoms with Crippen molar-refractivity contribution in [3.63, 3.8) is 0 Å². The van der Waals surface area contributed by atoms with Gasteiger partial charge in [0.1, 0.15) is 11.5 Å². The second-order valence-corrected chi connectivity index (χ2v) is 9.14. The first-order chi connectivity index (χ1) is 15.7. The van der Waals surface area contributed by atoms with Gasteiger partial charge in [-0.1, -0.05) is 12.1 Å². The van der Waals surface area contributed by atoms with Crippen molar-refractivity contribution in [3.05, 3.63) is 71.7 Å². The van der Waals surface area contributed by atoms with Crippen molar-refractivity contribution in [2.45, 2.75) is 0 Å². The van der Waals surface area contributed by atoms with Gasteiger partial charge in [-0.05, 0) is 42.5 Å². The molecule has 0 radical (unpaired) electrons. The predicted molar refractivity (Wildman–Crippen MR) is 127 cm³/mol. The maximum Gasteiger partial charge on any atom is 0.337 e. The molecule has 3 aromatic heterocycles. The number of aromatic carboxylic acids is 1. The van der Waals surface area contributed by atoms with E-state index in [-0.39, 0.29) is 17.3 Å². The molecule has 0 atom stereocenters. The normalized spacial score (nSPS) is 11.7. The molecule has 11 heteroatoms. The fourth-order valence-electron chi connectivity index (χ4n) is 3.18. The van der Waals surface area contributed by atoms with Gasteiger partial charge in [0.15, 0.2) is 0 Å². The number of pyridine rings is 1. The summed E-state index contributed by atoms with van der Waals surface area (Å²) in [7, 11) is -2.05. The highest BCUT2D eigenvalue weighted by molar-refractivity contribution is 7.92. The lowest BCUT2D eigenvalue weighted by atomic mass is 10.2. The highest BCUT2D eigenvalue weighted by Crippen LogP contribution is 2.25. The third-order valence-electron chi connectivity index (χ3n) is 4.88. The number of para-hydroxylation sites is 1. The molecule has 3 N–H and O–H groups in total. The Bertz CT molecular complexity index is 1480. The van der Waals surface area contributed by atoms with Crippen LogP contribution in [0.5, 0.6) is 0 Å². The molecule has 33 heavy (non-hydrogen) atoms. The molecule has 0 aliphatic heterocycles. The smallest absolute Gasteiger partial charge is 0.337 e. The molecule has 0 saturated heterocycles. The zero-order valence-electron chi connectivity index (χ0n) is 17.7. The van der Waals surface area contributed by atoms with Crippen LogP contribution in [-0.4, -0.2) is 52.7 Å². The molecule has 0 unspecified atom stereocenters. The quantitative estimate of drug-likeness (QED) is 0.378. The summed E-state index contributed by atoms with van der Waals surface area (Å²) in [6, 6.07) is 11.7. The van der Waals surface area contributed by atoms with Crippen LogP contribution in [0.25, 0.3) is 23.2 Å². The van der Waals surface area contributed by atoms with E-state index >= 15 is 0 Å². The third-order valence-corrected chi connectivity index (χ3v) is 6.05. The van der Waals surface area contributed by atoms with Gasteiger partial charge in [-0.15, -0.1) is 0 Å². The van der Waals surface area contributed by atoms with Gasteiger partial charge >= 0.3 is 5.97 Å². The average molecular weight is 465 g/mol. The molecule has 10 nitrogen and oxygen atoms in total. The molecule has 1 aromatic carbocycles. The number of fused-ring (bicyclic) bond motifs is 1. The molecule has 0 fully saturated rings. The number of nitrogens with zero attached hydrogens (tertiary/aromatic N) is 4. The minimum atomic E-state index is -3.49. The van der Waals surface area contributed by atoms with Gasteiger partial charge in [-0.25, -0.2) is 23.2 Å². The van der Waals surface area contributed by atoms with Crippen molar-refractivity contribution >= 4 is 56.6 Å². The molecule has 0 bridgehead atoms. The summed E-state index contributed by atoms with van der Waals surface area (Å²) in [6.45, 7) is 0. The lowest BCUT2D eigenvalue weighted by molar-refractivity contribution is 0.0698. The first-order valence-electron chi connectivity index (χ1n) is 9.75. The van der Waals surface area contributed by atoms with Crippen LogP contribution >= 0.6 is 0 Å². The molecule has 0 aliphatic rings. The summed E-state index contributed by atoms with van der Waals surface area (Å²) in [4.78, 5) is 27.7. The van der Waals surface area contributed by atoms with E-state index in [0.29, 0.717) is 22.6 Å². The molecule has 0 saturated carbocycles. The van der Waals surface area contributed by atoms with Crippen molar-refractivity contribution in [1.82, 2.24) is 19.9 Å². The van der Waals surface area contributed by atoms with E-state index in [4.69, 9.17) is 0 Å². The van der Waals surface area contributed by atoms with E-state index in [2.05, 4.69) is 25.3 Å². The maximum atomic E-state index is 12.0. The number of hydrogen-bond donors (Lipinski definition) is 3. The number of carboxylic acid groups (broad SMARTS) is 1. The van der Waals surface area contributed by atoms with Crippen LogP contribution < -0.4 is 9.62 Å². The number of anilines is 3. The second-order valence-electron chi connectivity index (χ2n) is 7.13. The zero-order chi connectivity index (χ0) is 23.6. The molecule has 4 rings (SSSR count). The van der Waals surface area contributed by atoms with Gasteiger partial charge in [0, 0.05) is 30.4 Å². The number of nitrogens with one attached hydrogen (secondary N) is 2. The molecule has 4 aromatic rings. The largest absolute Gasteiger partial charge is 0.478 e. The fraction of sp³-hybridized carbons (Fsp3) is 0.0909. The van der Waals surface area contributed by atoms with Crippen molar-refractivity contribution in [2.24, 2.45) is 0 Å². The zero-order valence-corrected chi connectivity index (χ0v) is 18.5. The van der Waals surface area contributed by atoms with Crippen LogP contribution in [0, 0.1) is 0 Å². The third kappa shape index (κ3) is 4.67. The number of carbonyl (C=O) groups is 1. The van der Waals surface area contributed by atoms with Gasteiger partial charge in [-0.3, -0.25) is 4.31 Å². The van der Waals surface area contributed by atoms with Gasteiger partial charge in [0.25, 0.3) is 0 Å². The highest BCUT2D eigenvalue weighted by atomic mass is 32.2. The summed E-state index contributed by atoms with van der Waals surface area (Å²) in [5.74, 6) is -0.583. The van der Waals surface area contributed by atoms with E-state index in [0.717, 1.165) is 15.9 Å². The number of benzene rings is 1. The summed E-state index contributed by atoms with van der Waals surface area (Å²) in [5.41, 5.74) is 2.13. The van der Waals surface area contributed by atoms with E-state index < -0.39 is 16.0 Å². The van der Waals surface area contributed by atoms with E-state index in [1.54, 1.807) is 48.7 Å². The number of aromatic nitrogens is 4. The topological polar surface area (TPSA) is 141 Å². The molecule has 3 heterocycles. The van der Waals surface area contributed by atoms with E-state index in [1.807, 2.05) is 6.07 Å². The first kappa shape index (κ1) is 22.0. The molecule has 0 aliphatic carbocycles. The number of hydrogen-bond acceptors (Lipinski definition) is 7. The number of H-pyrrole nitrogens is 1. The minimum Gasteiger partial charge on any atom is -0.478 e. The van der Waals surface area contributed by atoms with Crippen LogP contribution in [0.2, 0.25) is 0 Å². The Hall–Kier alpha value is -4.25. The Labute approximate surface area is 189 Å². The summed E-state index contributed by atoms with van der Waals surface area (Å²) < 4.78 is 25.1. The van der Waals surface area contributed by atoms with Crippen molar-refractivity contribution in [3.8, 4) is 0 Å². The van der Waals surface area contributed by atoms with Gasteiger partial charge in [0.05, 0.1) is 23.2 Å². The van der Waals surface area contributed by atoms with Crippen molar-refractivity contribution < 1.29 is 18.3 Å². The number of rotatable bonds is 7. The fourth-order valence-corrected chi connectivity index (χ4v) is 3.64. The first-order valence-corrected chi connectivity index (χ1v) is 11.6. The van der Waals surface area contributed by atoms with Crippen LogP contribution in [0.3, 0.4) is 0 Å². The predicted octanol–water partition coefficient (Wildman–Crippen LogP) is 3.36. The van der Waals surface area contributed by atoms with Crippen LogP contribution in [0.1, 0.15) is 21.6 Å². The van der Waals surface area contributed by atoms with Gasteiger partial charge in [-0.2, -0.15) is 4.98 Å². The molecule has 0 amide bonds. The standard InChI is InChI=1S/C22H20N6O4S/c1-28(33(2,31)32)20-14(6-5-12-24-20)9-10-18-15-11-13-23-19(15)27-22(26-18)25-17-8-4-3-7-16(17)21(29)30/h3-13H,1-2H3,(H,29,30)(H2,23,25,26,27). The maximum absolute atomic E-state index is 12.0. The Morgan fingerprint density at radius 2 is 1.91 bits per heavy atom. The Morgan fingerprint density at radius 3 is 2.67 bits per heavy atom. The molecule has 168 valence electrons. The SMILES string of the molecule is CN(c1ncccc1C=Cc1nc(Nc2ccccc2C(=O)O)nc2[nH]ccc12)S(C)(=O)=O. The summed E-state index contributed by atoms with van der Waals surface area (Å²) >= 11 is 0. The average Bonchev–Trinajstić information content (AvgIpc) is 3.25. The van der Waals surface area contributed by atoms with E-state index in [9.17, 15) is 18.3 Å².